The van der Waals surface area contributed by atoms with Crippen LogP contribution in [-0.2, 0) is 6.42 Å². The molecule has 0 amide bonds. The first-order valence-corrected chi connectivity index (χ1v) is 9.98. The van der Waals surface area contributed by atoms with Gasteiger partial charge < -0.3 is 11.5 Å². The van der Waals surface area contributed by atoms with E-state index >= 15 is 0 Å². The van der Waals surface area contributed by atoms with Gasteiger partial charge in [-0.3, -0.25) is 0 Å². The molecule has 2 nitrogen and oxygen atoms in total. The fourth-order valence-corrected chi connectivity index (χ4v) is 4.22. The number of benzene rings is 2. The van der Waals surface area contributed by atoms with Crippen molar-refractivity contribution < 1.29 is 0 Å². The Kier molecular flexibility index (Phi) is 6.31. The van der Waals surface area contributed by atoms with Crippen molar-refractivity contribution in [1.82, 2.24) is 0 Å². The summed E-state index contributed by atoms with van der Waals surface area (Å²) in [6.07, 6.45) is 0.875. The zero-order valence-corrected chi connectivity index (χ0v) is 16.0. The summed E-state index contributed by atoms with van der Waals surface area (Å²) < 4.78 is 0. The Morgan fingerprint density at radius 2 is 1.13 bits per heavy atom. The van der Waals surface area contributed by atoms with Crippen molar-refractivity contribution in [3.63, 3.8) is 0 Å². The maximum absolute atomic E-state index is 6.31. The largest absolute Gasteiger partial charge is 0.398 e. The lowest BCUT2D eigenvalue weighted by atomic mass is 9.96. The molecule has 23 heavy (non-hydrogen) atoms. The van der Waals surface area contributed by atoms with Crippen LogP contribution in [0, 0.1) is 13.8 Å². The topological polar surface area (TPSA) is 52.0 Å². The molecule has 4 N–H and O–H groups in total. The molecule has 0 aliphatic rings. The van der Waals surface area contributed by atoms with Gasteiger partial charge in [0.25, 0.3) is 0 Å². The number of hydrogen-bond acceptors (Lipinski definition) is 4. The predicted octanol–water partition coefficient (Wildman–Crippen LogP) is 5.28. The van der Waals surface area contributed by atoms with E-state index in [1.807, 2.05) is 0 Å². The third kappa shape index (κ3) is 3.99. The Balaban J connectivity index is 2.33. The zero-order chi connectivity index (χ0) is 17.0. The van der Waals surface area contributed by atoms with E-state index in [1.54, 1.807) is 23.5 Å². The molecule has 0 unspecified atom stereocenters. The second-order valence-corrected chi connectivity index (χ2v) is 8.18. The monoisotopic (exact) mass is 346 g/mol. The summed E-state index contributed by atoms with van der Waals surface area (Å²) in [5.74, 6) is 2.07. The average molecular weight is 347 g/mol. The van der Waals surface area contributed by atoms with Crippen LogP contribution >= 0.6 is 23.5 Å². The highest BCUT2D eigenvalue weighted by atomic mass is 32.2. The van der Waals surface area contributed by atoms with Crippen molar-refractivity contribution in [3.05, 3.63) is 46.5 Å². The van der Waals surface area contributed by atoms with Crippen LogP contribution in [0.4, 0.5) is 11.4 Å². The fraction of sp³-hybridized carbons (Fsp3) is 0.368. The molecule has 0 radical (unpaired) electrons. The lowest BCUT2D eigenvalue weighted by Crippen LogP contribution is -2.02. The summed E-state index contributed by atoms with van der Waals surface area (Å²) in [4.78, 5) is 2.36. The van der Waals surface area contributed by atoms with Gasteiger partial charge in [-0.2, -0.15) is 0 Å². The van der Waals surface area contributed by atoms with E-state index in [0.717, 1.165) is 29.3 Å². The SMILES string of the molecule is CCSc1ccc(Cc2ccc(SCC)c(N)c2C)c(C)c1N. The lowest BCUT2D eigenvalue weighted by molar-refractivity contribution is 1.11. The molecular weight excluding hydrogens is 320 g/mol. The Labute approximate surface area is 148 Å². The van der Waals surface area contributed by atoms with Crippen molar-refractivity contribution in [3.8, 4) is 0 Å². The summed E-state index contributed by atoms with van der Waals surface area (Å²) in [5, 5.41) is 0. The standard InChI is InChI=1S/C19H26N2S2/c1-5-22-16-9-7-14(12(3)18(16)20)11-15-8-10-17(23-6-2)19(21)13(15)4/h7-10H,5-6,11,20-21H2,1-4H3. The van der Waals surface area contributed by atoms with Crippen molar-refractivity contribution in [2.75, 3.05) is 23.0 Å². The number of rotatable bonds is 6. The molecule has 0 bridgehead atoms. The molecule has 0 saturated heterocycles. The van der Waals surface area contributed by atoms with Crippen LogP contribution in [0.5, 0.6) is 0 Å². The Bertz CT molecular complexity index is 637. The molecule has 124 valence electrons. The van der Waals surface area contributed by atoms with Crippen LogP contribution in [0.25, 0.3) is 0 Å². The maximum atomic E-state index is 6.31. The molecule has 0 saturated carbocycles. The first-order valence-electron chi connectivity index (χ1n) is 8.01. The van der Waals surface area contributed by atoms with Crippen molar-refractivity contribution in [2.45, 2.75) is 43.9 Å². The van der Waals surface area contributed by atoms with Crippen molar-refractivity contribution >= 4 is 34.9 Å². The third-order valence-electron chi connectivity index (χ3n) is 4.15. The Hall–Kier alpha value is -1.26. The average Bonchev–Trinajstić information content (AvgIpc) is 2.54. The number of nitrogens with two attached hydrogens (primary N) is 2. The third-order valence-corrected chi connectivity index (χ3v) is 6.07. The Morgan fingerprint density at radius 3 is 1.48 bits per heavy atom. The van der Waals surface area contributed by atoms with Crippen molar-refractivity contribution in [2.24, 2.45) is 0 Å². The molecule has 0 aliphatic heterocycles. The highest BCUT2D eigenvalue weighted by Crippen LogP contribution is 2.33. The molecule has 0 aromatic heterocycles. The first-order chi connectivity index (χ1) is 11.0. The second kappa shape index (κ2) is 8.02. The zero-order valence-electron chi connectivity index (χ0n) is 14.4. The van der Waals surface area contributed by atoms with Gasteiger partial charge >= 0.3 is 0 Å². The molecule has 2 aromatic rings. The fourth-order valence-electron chi connectivity index (χ4n) is 2.65. The van der Waals surface area contributed by atoms with Crippen LogP contribution in [0.1, 0.15) is 36.1 Å². The quantitative estimate of drug-likeness (QED) is 0.552. The van der Waals surface area contributed by atoms with E-state index in [-0.39, 0.29) is 0 Å². The van der Waals surface area contributed by atoms with Crippen LogP contribution in [0.2, 0.25) is 0 Å². The van der Waals surface area contributed by atoms with Gasteiger partial charge in [0.2, 0.25) is 0 Å². The summed E-state index contributed by atoms with van der Waals surface area (Å²) in [7, 11) is 0. The van der Waals surface area contributed by atoms with Gasteiger partial charge in [-0.15, -0.1) is 23.5 Å². The molecule has 2 aromatic carbocycles. The molecule has 0 atom stereocenters. The number of hydrogen-bond donors (Lipinski definition) is 2. The van der Waals surface area contributed by atoms with E-state index in [9.17, 15) is 0 Å². The predicted molar refractivity (Wildman–Crippen MR) is 107 cm³/mol. The van der Waals surface area contributed by atoms with Gasteiger partial charge in [0, 0.05) is 21.2 Å². The van der Waals surface area contributed by atoms with Gasteiger partial charge in [-0.1, -0.05) is 26.0 Å². The maximum Gasteiger partial charge on any atom is 0.0484 e. The van der Waals surface area contributed by atoms with Gasteiger partial charge in [0.05, 0.1) is 0 Å². The van der Waals surface area contributed by atoms with Gasteiger partial charge in [0.1, 0.15) is 0 Å². The number of thioether (sulfide) groups is 2. The molecule has 2 rings (SSSR count). The summed E-state index contributed by atoms with van der Waals surface area (Å²) in [6, 6.07) is 8.69. The lowest BCUT2D eigenvalue weighted by Gasteiger charge is -2.16. The highest BCUT2D eigenvalue weighted by Gasteiger charge is 2.11. The minimum Gasteiger partial charge on any atom is -0.398 e. The normalized spacial score (nSPS) is 11.0. The first kappa shape index (κ1) is 18.1. The minimum absolute atomic E-state index is 0.875. The van der Waals surface area contributed by atoms with Crippen LogP contribution < -0.4 is 11.5 Å². The highest BCUT2D eigenvalue weighted by molar-refractivity contribution is 7.99. The molecule has 0 aliphatic carbocycles. The van der Waals surface area contributed by atoms with Crippen LogP contribution in [0.3, 0.4) is 0 Å². The molecule has 0 fully saturated rings. The summed E-state index contributed by atoms with van der Waals surface area (Å²) in [5.41, 5.74) is 19.4. The molecule has 4 heteroatoms. The minimum atomic E-state index is 0.875. The van der Waals surface area contributed by atoms with Gasteiger partial charge in [-0.05, 0) is 66.2 Å². The molecule has 0 spiro atoms. The van der Waals surface area contributed by atoms with E-state index in [1.165, 1.54) is 32.0 Å². The molecule has 0 heterocycles. The van der Waals surface area contributed by atoms with E-state index in [4.69, 9.17) is 11.5 Å². The van der Waals surface area contributed by atoms with Crippen molar-refractivity contribution in [1.29, 1.82) is 0 Å². The van der Waals surface area contributed by atoms with Gasteiger partial charge in [-0.25, -0.2) is 0 Å². The van der Waals surface area contributed by atoms with E-state index in [0.29, 0.717) is 0 Å². The number of nitrogen functional groups attached to an aromatic ring is 2. The summed E-state index contributed by atoms with van der Waals surface area (Å²) >= 11 is 3.59. The second-order valence-electron chi connectivity index (χ2n) is 5.57. The van der Waals surface area contributed by atoms with Crippen LogP contribution in [-0.4, -0.2) is 11.5 Å². The smallest absolute Gasteiger partial charge is 0.0484 e. The summed E-state index contributed by atoms with van der Waals surface area (Å²) in [6.45, 7) is 8.53. The Morgan fingerprint density at radius 1 is 0.739 bits per heavy atom. The van der Waals surface area contributed by atoms with Gasteiger partial charge in [0.15, 0.2) is 0 Å². The number of anilines is 2. The van der Waals surface area contributed by atoms with E-state index < -0.39 is 0 Å². The molecular formula is C19H26N2S2. The van der Waals surface area contributed by atoms with E-state index in [2.05, 4.69) is 52.0 Å². The van der Waals surface area contributed by atoms with Crippen LogP contribution in [0.15, 0.2) is 34.1 Å².